The standard InChI is InChI=1S/C13H17BrN2O4S/c1-4-20-12-9(14)5-8(6-10(12)19-2)13(18)16-15-11(17)7-21-3/h5-6H,4,7H2,1-3H3,(H,15,17)(H,16,18). The van der Waals surface area contributed by atoms with Crippen LogP contribution in [0.4, 0.5) is 0 Å². The Kier molecular flexibility index (Phi) is 7.38. The molecule has 0 aliphatic rings. The highest BCUT2D eigenvalue weighted by atomic mass is 79.9. The molecule has 1 aromatic carbocycles. The zero-order valence-electron chi connectivity index (χ0n) is 12.0. The van der Waals surface area contributed by atoms with Crippen molar-refractivity contribution in [2.24, 2.45) is 0 Å². The van der Waals surface area contributed by atoms with Crippen LogP contribution in [0.5, 0.6) is 11.5 Å². The van der Waals surface area contributed by atoms with Gasteiger partial charge in [-0.1, -0.05) is 0 Å². The summed E-state index contributed by atoms with van der Waals surface area (Å²) in [5.74, 6) is 0.533. The van der Waals surface area contributed by atoms with E-state index in [0.29, 0.717) is 28.1 Å². The van der Waals surface area contributed by atoms with E-state index in [1.54, 1.807) is 18.4 Å². The first kappa shape index (κ1) is 17.6. The van der Waals surface area contributed by atoms with Crippen molar-refractivity contribution >= 4 is 39.5 Å². The summed E-state index contributed by atoms with van der Waals surface area (Å²) in [5, 5.41) is 0. The van der Waals surface area contributed by atoms with Gasteiger partial charge in [0.05, 0.1) is 23.9 Å². The molecule has 0 bridgehead atoms. The summed E-state index contributed by atoms with van der Waals surface area (Å²) in [6, 6.07) is 3.15. The molecule has 21 heavy (non-hydrogen) atoms. The average Bonchev–Trinajstić information content (AvgIpc) is 2.47. The van der Waals surface area contributed by atoms with E-state index in [9.17, 15) is 9.59 Å². The fraction of sp³-hybridized carbons (Fsp3) is 0.385. The lowest BCUT2D eigenvalue weighted by atomic mass is 10.2. The maximum Gasteiger partial charge on any atom is 0.269 e. The van der Waals surface area contributed by atoms with Crippen molar-refractivity contribution < 1.29 is 19.1 Å². The van der Waals surface area contributed by atoms with Gasteiger partial charge in [0.25, 0.3) is 5.91 Å². The number of rotatable bonds is 6. The molecule has 0 heterocycles. The van der Waals surface area contributed by atoms with Crippen LogP contribution in [0.1, 0.15) is 17.3 Å². The van der Waals surface area contributed by atoms with Crippen molar-refractivity contribution in [2.45, 2.75) is 6.92 Å². The SMILES string of the molecule is CCOc1c(Br)cc(C(=O)NNC(=O)CSC)cc1OC. The summed E-state index contributed by atoms with van der Waals surface area (Å²) >= 11 is 4.70. The minimum atomic E-state index is -0.438. The third-order valence-electron chi connectivity index (χ3n) is 2.37. The Balaban J connectivity index is 2.85. The number of halogens is 1. The van der Waals surface area contributed by atoms with E-state index in [1.807, 2.05) is 6.92 Å². The third kappa shape index (κ3) is 5.13. The molecule has 0 aliphatic heterocycles. The second-order valence-electron chi connectivity index (χ2n) is 3.86. The molecule has 0 aliphatic carbocycles. The van der Waals surface area contributed by atoms with Crippen LogP contribution in [0.3, 0.4) is 0 Å². The number of thioether (sulfide) groups is 1. The molecule has 0 saturated heterocycles. The number of hydrogen-bond donors (Lipinski definition) is 2. The molecule has 2 N–H and O–H groups in total. The van der Waals surface area contributed by atoms with Crippen LogP contribution in [-0.4, -0.2) is 37.5 Å². The lowest BCUT2D eigenvalue weighted by Gasteiger charge is -2.13. The largest absolute Gasteiger partial charge is 0.493 e. The zero-order chi connectivity index (χ0) is 15.8. The Morgan fingerprint density at radius 1 is 1.33 bits per heavy atom. The van der Waals surface area contributed by atoms with Crippen LogP contribution in [0.25, 0.3) is 0 Å². The van der Waals surface area contributed by atoms with E-state index in [4.69, 9.17) is 9.47 Å². The van der Waals surface area contributed by atoms with E-state index in [2.05, 4.69) is 26.8 Å². The van der Waals surface area contributed by atoms with Gasteiger partial charge >= 0.3 is 0 Å². The van der Waals surface area contributed by atoms with E-state index in [-0.39, 0.29) is 11.7 Å². The van der Waals surface area contributed by atoms with Crippen LogP contribution < -0.4 is 20.3 Å². The van der Waals surface area contributed by atoms with Gasteiger partial charge < -0.3 is 9.47 Å². The predicted molar refractivity (Wildman–Crippen MR) is 85.9 cm³/mol. The number of hydrogen-bond acceptors (Lipinski definition) is 5. The molecule has 2 amide bonds. The molecule has 0 radical (unpaired) electrons. The van der Waals surface area contributed by atoms with Crippen molar-refractivity contribution in [3.05, 3.63) is 22.2 Å². The smallest absolute Gasteiger partial charge is 0.269 e. The molecule has 0 spiro atoms. The molecule has 0 atom stereocenters. The van der Waals surface area contributed by atoms with Crippen molar-refractivity contribution in [1.29, 1.82) is 0 Å². The predicted octanol–water partition coefficient (Wildman–Crippen LogP) is 1.98. The minimum Gasteiger partial charge on any atom is -0.493 e. The molecule has 1 rings (SSSR count). The van der Waals surface area contributed by atoms with E-state index < -0.39 is 5.91 Å². The molecule has 116 valence electrons. The first-order chi connectivity index (χ1) is 10.0. The number of amides is 2. The molecule has 1 aromatic rings. The van der Waals surface area contributed by atoms with Crippen molar-refractivity contribution in [2.75, 3.05) is 25.7 Å². The van der Waals surface area contributed by atoms with Crippen molar-refractivity contribution in [1.82, 2.24) is 10.9 Å². The van der Waals surface area contributed by atoms with Gasteiger partial charge in [-0.2, -0.15) is 11.8 Å². The maximum atomic E-state index is 12.0. The van der Waals surface area contributed by atoms with Crippen LogP contribution in [0, 0.1) is 0 Å². The van der Waals surface area contributed by atoms with Gasteiger partial charge in [0, 0.05) is 5.56 Å². The highest BCUT2D eigenvalue weighted by molar-refractivity contribution is 9.10. The van der Waals surface area contributed by atoms with Gasteiger partial charge in [0.15, 0.2) is 11.5 Å². The van der Waals surface area contributed by atoms with E-state index in [1.165, 1.54) is 18.9 Å². The first-order valence-electron chi connectivity index (χ1n) is 6.11. The van der Waals surface area contributed by atoms with Gasteiger partial charge in [-0.3, -0.25) is 20.4 Å². The second kappa shape index (κ2) is 8.78. The summed E-state index contributed by atoms with van der Waals surface area (Å²) in [4.78, 5) is 23.3. The van der Waals surface area contributed by atoms with Gasteiger partial charge in [-0.15, -0.1) is 0 Å². The van der Waals surface area contributed by atoms with E-state index in [0.717, 1.165) is 0 Å². The van der Waals surface area contributed by atoms with Crippen LogP contribution in [0.2, 0.25) is 0 Å². The van der Waals surface area contributed by atoms with Crippen molar-refractivity contribution in [3.8, 4) is 11.5 Å². The normalized spacial score (nSPS) is 9.90. The summed E-state index contributed by atoms with van der Waals surface area (Å²) in [6.45, 7) is 2.33. The monoisotopic (exact) mass is 376 g/mol. The number of carbonyl (C=O) groups excluding carboxylic acids is 2. The van der Waals surface area contributed by atoms with Gasteiger partial charge in [-0.25, -0.2) is 0 Å². The highest BCUT2D eigenvalue weighted by Gasteiger charge is 2.15. The number of hydrazine groups is 1. The maximum absolute atomic E-state index is 12.0. The Morgan fingerprint density at radius 3 is 2.62 bits per heavy atom. The zero-order valence-corrected chi connectivity index (χ0v) is 14.4. The first-order valence-corrected chi connectivity index (χ1v) is 8.30. The van der Waals surface area contributed by atoms with E-state index >= 15 is 0 Å². The fourth-order valence-electron chi connectivity index (χ4n) is 1.50. The fourth-order valence-corrected chi connectivity index (χ4v) is 2.39. The average molecular weight is 377 g/mol. The number of methoxy groups -OCH3 is 1. The van der Waals surface area contributed by atoms with Gasteiger partial charge in [-0.05, 0) is 41.2 Å². The number of benzene rings is 1. The second-order valence-corrected chi connectivity index (χ2v) is 5.58. The van der Waals surface area contributed by atoms with Crippen LogP contribution >= 0.6 is 27.7 Å². The molecule has 6 nitrogen and oxygen atoms in total. The number of ether oxygens (including phenoxy) is 2. The molecule has 8 heteroatoms. The summed E-state index contributed by atoms with van der Waals surface area (Å²) < 4.78 is 11.3. The molecule has 0 unspecified atom stereocenters. The lowest BCUT2D eigenvalue weighted by molar-refractivity contribution is -0.119. The summed E-state index contributed by atoms with van der Waals surface area (Å²) in [6.07, 6.45) is 1.80. The number of carbonyl (C=O) groups is 2. The Hall–Kier alpha value is -1.41. The quantitative estimate of drug-likeness (QED) is 0.742. The van der Waals surface area contributed by atoms with Crippen LogP contribution in [-0.2, 0) is 4.79 Å². The molecule has 0 aromatic heterocycles. The molecule has 0 fully saturated rings. The molecule has 0 saturated carbocycles. The number of nitrogens with one attached hydrogen (secondary N) is 2. The topological polar surface area (TPSA) is 76.7 Å². The third-order valence-corrected chi connectivity index (χ3v) is 3.51. The lowest BCUT2D eigenvalue weighted by Crippen LogP contribution is -2.42. The van der Waals surface area contributed by atoms with Crippen LogP contribution in [0.15, 0.2) is 16.6 Å². The molecular formula is C13H17BrN2O4S. The van der Waals surface area contributed by atoms with Crippen molar-refractivity contribution in [3.63, 3.8) is 0 Å². The van der Waals surface area contributed by atoms with Gasteiger partial charge in [0.2, 0.25) is 5.91 Å². The van der Waals surface area contributed by atoms with Gasteiger partial charge in [0.1, 0.15) is 0 Å². The Morgan fingerprint density at radius 2 is 2.05 bits per heavy atom. The Bertz CT molecular complexity index is 525. The minimum absolute atomic E-state index is 0.271. The molecular weight excluding hydrogens is 360 g/mol. The summed E-state index contributed by atoms with van der Waals surface area (Å²) in [7, 11) is 1.49. The highest BCUT2D eigenvalue weighted by Crippen LogP contribution is 2.36. The summed E-state index contributed by atoms with van der Waals surface area (Å²) in [5.41, 5.74) is 5.02. The Labute approximate surface area is 136 Å².